The van der Waals surface area contributed by atoms with Crippen LogP contribution < -0.4 is 10.2 Å². The van der Waals surface area contributed by atoms with Gasteiger partial charge in [-0.3, -0.25) is 0 Å². The Balaban J connectivity index is 1.28. The first-order chi connectivity index (χ1) is 17.1. The molecule has 1 unspecified atom stereocenters. The lowest BCUT2D eigenvalue weighted by molar-refractivity contribution is 0.0528. The summed E-state index contributed by atoms with van der Waals surface area (Å²) in [6.07, 6.45) is 1.99. The smallest absolute Gasteiger partial charge is 0.180 e. The van der Waals surface area contributed by atoms with Gasteiger partial charge in [-0.25, -0.2) is 4.98 Å². The van der Waals surface area contributed by atoms with Crippen LogP contribution in [0.1, 0.15) is 6.92 Å². The first-order valence-electron chi connectivity index (χ1n) is 11.6. The molecular formula is C27H24ClN5O2. The second kappa shape index (κ2) is 9.09. The number of anilines is 3. The molecule has 1 aliphatic rings. The van der Waals surface area contributed by atoms with Crippen molar-refractivity contribution in [2.45, 2.75) is 13.0 Å². The van der Waals surface area contributed by atoms with Gasteiger partial charge in [0.1, 0.15) is 5.82 Å². The molecule has 0 spiro atoms. The fourth-order valence-electron chi connectivity index (χ4n) is 4.42. The second-order valence-corrected chi connectivity index (χ2v) is 9.08. The molecule has 5 aromatic rings. The molecule has 6 rings (SSSR count). The first-order valence-corrected chi connectivity index (χ1v) is 12.0. The molecule has 0 aliphatic carbocycles. The summed E-state index contributed by atoms with van der Waals surface area (Å²) in [7, 11) is 0. The van der Waals surface area contributed by atoms with Crippen molar-refractivity contribution in [3.05, 3.63) is 77.9 Å². The third kappa shape index (κ3) is 4.36. The van der Waals surface area contributed by atoms with Crippen molar-refractivity contribution in [1.82, 2.24) is 15.1 Å². The lowest BCUT2D eigenvalue weighted by atomic mass is 10.1. The number of aromatic nitrogens is 3. The van der Waals surface area contributed by atoms with E-state index in [-0.39, 0.29) is 6.10 Å². The minimum atomic E-state index is 0.160. The van der Waals surface area contributed by atoms with Gasteiger partial charge in [0.15, 0.2) is 11.4 Å². The van der Waals surface area contributed by atoms with E-state index in [0.717, 1.165) is 63.9 Å². The molecule has 0 amide bonds. The summed E-state index contributed by atoms with van der Waals surface area (Å²) in [5.41, 5.74) is 5.43. The Morgan fingerprint density at radius 2 is 1.89 bits per heavy atom. The molecule has 7 nitrogen and oxygen atoms in total. The highest BCUT2D eigenvalue weighted by molar-refractivity contribution is 6.33. The first kappa shape index (κ1) is 21.7. The van der Waals surface area contributed by atoms with Crippen LogP contribution in [0.2, 0.25) is 5.02 Å². The van der Waals surface area contributed by atoms with Gasteiger partial charge in [-0.2, -0.15) is 0 Å². The molecule has 1 atom stereocenters. The van der Waals surface area contributed by atoms with Gasteiger partial charge in [0, 0.05) is 30.0 Å². The number of H-pyrrole nitrogens is 1. The molecule has 0 bridgehead atoms. The van der Waals surface area contributed by atoms with Crippen LogP contribution in [-0.4, -0.2) is 40.9 Å². The van der Waals surface area contributed by atoms with Crippen LogP contribution in [-0.2, 0) is 4.74 Å². The van der Waals surface area contributed by atoms with Gasteiger partial charge < -0.3 is 24.5 Å². The maximum Gasteiger partial charge on any atom is 0.180 e. The predicted molar refractivity (Wildman–Crippen MR) is 139 cm³/mol. The molecular weight excluding hydrogens is 462 g/mol. The Morgan fingerprint density at radius 1 is 1.06 bits per heavy atom. The number of rotatable bonds is 5. The summed E-state index contributed by atoms with van der Waals surface area (Å²) in [6.45, 7) is 4.33. The lowest BCUT2D eigenvalue weighted by Gasteiger charge is -2.31. The van der Waals surface area contributed by atoms with Gasteiger partial charge in [-0.15, -0.1) is 0 Å². The zero-order chi connectivity index (χ0) is 23.8. The summed E-state index contributed by atoms with van der Waals surface area (Å²) in [5.74, 6) is 1.57. The fourth-order valence-corrected chi connectivity index (χ4v) is 4.62. The van der Waals surface area contributed by atoms with Gasteiger partial charge in [-0.1, -0.05) is 47.1 Å². The summed E-state index contributed by atoms with van der Waals surface area (Å²) in [6, 6.07) is 21.9. The zero-order valence-electron chi connectivity index (χ0n) is 19.2. The van der Waals surface area contributed by atoms with E-state index in [1.165, 1.54) is 0 Å². The fraction of sp³-hybridized carbons (Fsp3) is 0.185. The van der Waals surface area contributed by atoms with Crippen LogP contribution in [0.3, 0.4) is 0 Å². The number of benzene rings is 3. The Hall–Kier alpha value is -3.81. The van der Waals surface area contributed by atoms with Crippen molar-refractivity contribution in [3.63, 3.8) is 0 Å². The quantitative estimate of drug-likeness (QED) is 0.295. The minimum Gasteiger partial charge on any atom is -0.375 e. The van der Waals surface area contributed by atoms with Gasteiger partial charge in [0.25, 0.3) is 0 Å². The Kier molecular flexibility index (Phi) is 5.64. The van der Waals surface area contributed by atoms with Crippen LogP contribution in [0, 0.1) is 0 Å². The van der Waals surface area contributed by atoms with Crippen LogP contribution in [0.5, 0.6) is 0 Å². The maximum atomic E-state index is 6.55. The average Bonchev–Trinajstić information content (AvgIpc) is 3.53. The maximum absolute atomic E-state index is 6.55. The molecule has 3 heterocycles. The van der Waals surface area contributed by atoms with Gasteiger partial charge in [0.05, 0.1) is 35.0 Å². The normalized spacial score (nSPS) is 16.1. The molecule has 2 aromatic heterocycles. The summed E-state index contributed by atoms with van der Waals surface area (Å²) < 4.78 is 11.3. The van der Waals surface area contributed by atoms with E-state index in [2.05, 4.69) is 38.3 Å². The van der Waals surface area contributed by atoms with Crippen LogP contribution in [0.25, 0.3) is 33.6 Å². The largest absolute Gasteiger partial charge is 0.375 e. The van der Waals surface area contributed by atoms with Crippen molar-refractivity contribution in [3.8, 4) is 22.6 Å². The molecule has 0 saturated carbocycles. The van der Waals surface area contributed by atoms with Crippen molar-refractivity contribution in [2.24, 2.45) is 0 Å². The van der Waals surface area contributed by atoms with E-state index in [0.29, 0.717) is 11.6 Å². The standard InChI is InChI=1S/C27H24ClN5O2/c1-17-16-33(11-12-34-17)27-22-14-20(8-10-25(22)35-32-27)30-19-7-9-23(28)21(13-19)26-29-15-24(31-26)18-5-3-2-4-6-18/h2-10,13-15,17,30H,11-12,16H2,1H3,(H,29,31). The molecule has 1 aliphatic heterocycles. The van der Waals surface area contributed by atoms with E-state index in [1.807, 2.05) is 66.9 Å². The SMILES string of the molecule is CC1CN(c2noc3ccc(Nc4ccc(Cl)c(-c5ncc(-c6ccccc6)[nH]5)c4)cc23)CCO1. The number of nitrogens with zero attached hydrogens (tertiary/aromatic N) is 3. The molecule has 8 heteroatoms. The van der Waals surface area contributed by atoms with Gasteiger partial charge >= 0.3 is 0 Å². The molecule has 3 aromatic carbocycles. The van der Waals surface area contributed by atoms with Crippen molar-refractivity contribution in [1.29, 1.82) is 0 Å². The van der Waals surface area contributed by atoms with Gasteiger partial charge in [0.2, 0.25) is 0 Å². The van der Waals surface area contributed by atoms with Crippen LogP contribution >= 0.6 is 11.6 Å². The molecule has 1 saturated heterocycles. The number of hydrogen-bond donors (Lipinski definition) is 2. The molecule has 35 heavy (non-hydrogen) atoms. The third-order valence-electron chi connectivity index (χ3n) is 6.16. The number of imidazole rings is 1. The number of nitrogens with one attached hydrogen (secondary N) is 2. The highest BCUT2D eigenvalue weighted by Gasteiger charge is 2.22. The highest BCUT2D eigenvalue weighted by Crippen LogP contribution is 2.34. The minimum absolute atomic E-state index is 0.160. The van der Waals surface area contributed by atoms with Crippen molar-refractivity contribution < 1.29 is 9.26 Å². The zero-order valence-corrected chi connectivity index (χ0v) is 19.9. The monoisotopic (exact) mass is 485 g/mol. The van der Waals surface area contributed by atoms with Crippen LogP contribution in [0.15, 0.2) is 77.4 Å². The van der Waals surface area contributed by atoms with Crippen molar-refractivity contribution >= 4 is 39.8 Å². The summed E-state index contributed by atoms with van der Waals surface area (Å²) in [5, 5.41) is 9.42. The lowest BCUT2D eigenvalue weighted by Crippen LogP contribution is -2.41. The third-order valence-corrected chi connectivity index (χ3v) is 6.49. The topological polar surface area (TPSA) is 79.2 Å². The molecule has 2 N–H and O–H groups in total. The van der Waals surface area contributed by atoms with Crippen LogP contribution in [0.4, 0.5) is 17.2 Å². The number of morpholine rings is 1. The number of hydrogen-bond acceptors (Lipinski definition) is 6. The predicted octanol–water partition coefficient (Wildman–Crippen LogP) is 6.51. The molecule has 176 valence electrons. The van der Waals surface area contributed by atoms with E-state index < -0.39 is 0 Å². The average molecular weight is 486 g/mol. The summed E-state index contributed by atoms with van der Waals surface area (Å²) >= 11 is 6.55. The Morgan fingerprint density at radius 3 is 2.74 bits per heavy atom. The number of fused-ring (bicyclic) bond motifs is 1. The second-order valence-electron chi connectivity index (χ2n) is 8.68. The number of halogens is 1. The van der Waals surface area contributed by atoms with E-state index >= 15 is 0 Å². The Labute approximate surface area is 207 Å². The molecule has 1 fully saturated rings. The Bertz CT molecular complexity index is 1480. The summed E-state index contributed by atoms with van der Waals surface area (Å²) in [4.78, 5) is 10.2. The van der Waals surface area contributed by atoms with E-state index in [9.17, 15) is 0 Å². The highest BCUT2D eigenvalue weighted by atomic mass is 35.5. The molecule has 0 radical (unpaired) electrons. The number of ether oxygens (including phenoxy) is 1. The van der Waals surface area contributed by atoms with E-state index in [4.69, 9.17) is 20.9 Å². The van der Waals surface area contributed by atoms with Crippen molar-refractivity contribution in [2.75, 3.05) is 29.9 Å². The number of aromatic amines is 1. The van der Waals surface area contributed by atoms with E-state index in [1.54, 1.807) is 0 Å². The van der Waals surface area contributed by atoms with Gasteiger partial charge in [-0.05, 0) is 48.9 Å².